The number of esters is 1. The predicted molar refractivity (Wildman–Crippen MR) is 114 cm³/mol. The first-order valence-electron chi connectivity index (χ1n) is 9.83. The molecule has 1 aliphatic rings. The van der Waals surface area contributed by atoms with Gasteiger partial charge in [0, 0.05) is 37.3 Å². The largest absolute Gasteiger partial charge is 0.497 e. The van der Waals surface area contributed by atoms with Gasteiger partial charge in [0.1, 0.15) is 24.6 Å². The van der Waals surface area contributed by atoms with Crippen molar-refractivity contribution in [3.63, 3.8) is 0 Å². The van der Waals surface area contributed by atoms with Crippen molar-refractivity contribution < 1.29 is 23.5 Å². The molecule has 2 aromatic carbocycles. The van der Waals surface area contributed by atoms with E-state index in [1.165, 1.54) is 0 Å². The number of anilines is 1. The fourth-order valence-electron chi connectivity index (χ4n) is 3.35. The molecule has 1 saturated heterocycles. The highest BCUT2D eigenvalue weighted by Crippen LogP contribution is 2.25. The van der Waals surface area contributed by atoms with Gasteiger partial charge < -0.3 is 25.0 Å². The van der Waals surface area contributed by atoms with Crippen molar-refractivity contribution in [1.29, 1.82) is 5.41 Å². The molecular formula is C22H25FN4O4. The number of piperazine rings is 1. The first-order valence-corrected chi connectivity index (χ1v) is 9.83. The van der Waals surface area contributed by atoms with Crippen molar-refractivity contribution in [3.05, 3.63) is 59.4 Å². The third-order valence-electron chi connectivity index (χ3n) is 5.03. The number of ether oxygens (including phenoxy) is 2. The second-order valence-electron chi connectivity index (χ2n) is 7.12. The van der Waals surface area contributed by atoms with Crippen LogP contribution < -0.4 is 15.4 Å². The lowest BCUT2D eigenvalue weighted by Gasteiger charge is -2.36. The summed E-state index contributed by atoms with van der Waals surface area (Å²) in [6.45, 7) is 1.64. The number of nitrogens with zero attached hydrogens (tertiary/aromatic N) is 2. The number of hydrogen-bond acceptors (Lipinski definition) is 6. The molecule has 3 rings (SSSR count). The number of methoxy groups -OCH3 is 1. The van der Waals surface area contributed by atoms with E-state index in [9.17, 15) is 14.0 Å². The van der Waals surface area contributed by atoms with Crippen LogP contribution in [0.25, 0.3) is 0 Å². The van der Waals surface area contributed by atoms with E-state index in [0.29, 0.717) is 43.2 Å². The summed E-state index contributed by atoms with van der Waals surface area (Å²) in [5.41, 5.74) is 6.38. The molecule has 0 saturated carbocycles. The molecule has 2 aromatic rings. The Morgan fingerprint density at radius 3 is 2.39 bits per heavy atom. The van der Waals surface area contributed by atoms with Crippen molar-refractivity contribution in [2.75, 3.05) is 38.2 Å². The van der Waals surface area contributed by atoms with Crippen LogP contribution in [0, 0.1) is 11.2 Å². The minimum absolute atomic E-state index is 0.0751. The van der Waals surface area contributed by atoms with Gasteiger partial charge in [-0.1, -0.05) is 12.1 Å². The molecule has 1 heterocycles. The second-order valence-corrected chi connectivity index (χ2v) is 7.12. The molecule has 0 aromatic heterocycles. The van der Waals surface area contributed by atoms with Crippen molar-refractivity contribution in [1.82, 2.24) is 4.90 Å². The molecule has 1 aliphatic heterocycles. The molecule has 1 fully saturated rings. The molecule has 31 heavy (non-hydrogen) atoms. The van der Waals surface area contributed by atoms with E-state index in [4.69, 9.17) is 20.6 Å². The molecule has 3 N–H and O–H groups in total. The first kappa shape index (κ1) is 22.1. The van der Waals surface area contributed by atoms with Crippen LogP contribution in [0.2, 0.25) is 0 Å². The molecule has 0 unspecified atom stereocenters. The molecule has 0 spiro atoms. The number of halogens is 1. The number of hydrogen-bond donors (Lipinski definition) is 2. The fourth-order valence-corrected chi connectivity index (χ4v) is 3.35. The lowest BCUT2D eigenvalue weighted by atomic mass is 10.1. The lowest BCUT2D eigenvalue weighted by Crippen LogP contribution is -2.49. The van der Waals surface area contributed by atoms with Crippen LogP contribution in [-0.2, 0) is 16.1 Å². The van der Waals surface area contributed by atoms with Gasteiger partial charge in [-0.15, -0.1) is 0 Å². The maximum atomic E-state index is 15.0. The summed E-state index contributed by atoms with van der Waals surface area (Å²) < 4.78 is 25.1. The van der Waals surface area contributed by atoms with E-state index in [0.717, 1.165) is 0 Å². The molecule has 9 heteroatoms. The van der Waals surface area contributed by atoms with Crippen LogP contribution in [0.3, 0.4) is 0 Å². The molecule has 0 radical (unpaired) electrons. The Labute approximate surface area is 179 Å². The zero-order chi connectivity index (χ0) is 22.4. The van der Waals surface area contributed by atoms with E-state index in [2.05, 4.69) is 0 Å². The molecule has 0 bridgehead atoms. The van der Waals surface area contributed by atoms with Gasteiger partial charge in [-0.2, -0.15) is 0 Å². The maximum Gasteiger partial charge on any atom is 0.313 e. The topological polar surface area (TPSA) is 109 Å². The standard InChI is InChI=1S/C22H25FN4O4/c1-30-17-7-5-15(6-8-17)22(29)27-11-9-26(10-12-27)18-4-2-3-16(21(18)23)14-31-20(28)13-19(24)25/h2-8H,9-14H2,1H3,(H3,24,25). The number of rotatable bonds is 7. The number of nitrogens with two attached hydrogens (primary N) is 1. The summed E-state index contributed by atoms with van der Waals surface area (Å²) in [7, 11) is 1.57. The average Bonchev–Trinajstić information content (AvgIpc) is 2.77. The van der Waals surface area contributed by atoms with Gasteiger partial charge >= 0.3 is 5.97 Å². The van der Waals surface area contributed by atoms with Gasteiger partial charge in [-0.05, 0) is 30.3 Å². The summed E-state index contributed by atoms with van der Waals surface area (Å²) in [5.74, 6) is -0.838. The monoisotopic (exact) mass is 428 g/mol. The van der Waals surface area contributed by atoms with Gasteiger partial charge in [-0.25, -0.2) is 4.39 Å². The zero-order valence-electron chi connectivity index (χ0n) is 17.3. The van der Waals surface area contributed by atoms with Crippen LogP contribution in [0.4, 0.5) is 10.1 Å². The van der Waals surface area contributed by atoms with E-state index < -0.39 is 11.8 Å². The van der Waals surface area contributed by atoms with Crippen molar-refractivity contribution in [2.45, 2.75) is 13.0 Å². The molecule has 0 atom stereocenters. The summed E-state index contributed by atoms with van der Waals surface area (Å²) in [5, 5.41) is 7.10. The average molecular weight is 428 g/mol. The SMILES string of the molecule is COc1ccc(C(=O)N2CCN(c3cccc(COC(=O)CC(=N)N)c3F)CC2)cc1. The van der Waals surface area contributed by atoms with Crippen molar-refractivity contribution in [2.24, 2.45) is 5.73 Å². The molecule has 0 aliphatic carbocycles. The minimum atomic E-state index is -0.678. The third-order valence-corrected chi connectivity index (χ3v) is 5.03. The van der Waals surface area contributed by atoms with Gasteiger partial charge in [0.05, 0.1) is 12.8 Å². The maximum absolute atomic E-state index is 15.0. The molecule has 164 valence electrons. The summed E-state index contributed by atoms with van der Waals surface area (Å²) >= 11 is 0. The van der Waals surface area contributed by atoms with E-state index >= 15 is 0 Å². The molecular weight excluding hydrogens is 403 g/mol. The van der Waals surface area contributed by atoms with Crippen molar-refractivity contribution >= 4 is 23.4 Å². The van der Waals surface area contributed by atoms with Crippen LogP contribution >= 0.6 is 0 Å². The summed E-state index contributed by atoms with van der Waals surface area (Å²) in [6.07, 6.45) is -0.328. The number of amides is 1. The van der Waals surface area contributed by atoms with Crippen LogP contribution in [0.1, 0.15) is 22.3 Å². The van der Waals surface area contributed by atoms with Gasteiger partial charge in [0.2, 0.25) is 0 Å². The number of benzene rings is 2. The lowest BCUT2D eigenvalue weighted by molar-refractivity contribution is -0.143. The highest BCUT2D eigenvalue weighted by molar-refractivity contribution is 5.95. The van der Waals surface area contributed by atoms with Crippen LogP contribution in [0.15, 0.2) is 42.5 Å². The number of carbonyl (C=O) groups excluding carboxylic acids is 2. The zero-order valence-corrected chi connectivity index (χ0v) is 17.3. The Bertz CT molecular complexity index is 956. The van der Waals surface area contributed by atoms with Crippen LogP contribution in [-0.4, -0.2) is 55.9 Å². The Hall–Kier alpha value is -3.62. The highest BCUT2D eigenvalue weighted by atomic mass is 19.1. The number of nitrogens with one attached hydrogen (secondary N) is 1. The van der Waals surface area contributed by atoms with Gasteiger partial charge in [-0.3, -0.25) is 15.0 Å². The first-order chi connectivity index (χ1) is 14.9. The summed E-state index contributed by atoms with van der Waals surface area (Å²) in [6, 6.07) is 11.8. The third kappa shape index (κ3) is 5.50. The van der Waals surface area contributed by atoms with Crippen molar-refractivity contribution in [3.8, 4) is 5.75 Å². The Balaban J connectivity index is 1.60. The Morgan fingerprint density at radius 1 is 1.10 bits per heavy atom. The van der Waals surface area contributed by atoms with Gasteiger partial charge in [0.25, 0.3) is 5.91 Å². The van der Waals surface area contributed by atoms with E-state index in [1.54, 1.807) is 54.5 Å². The molecule has 8 nitrogen and oxygen atoms in total. The van der Waals surface area contributed by atoms with E-state index in [1.807, 2.05) is 4.90 Å². The number of carbonyl (C=O) groups is 2. The summed E-state index contributed by atoms with van der Waals surface area (Å²) in [4.78, 5) is 27.9. The second kappa shape index (κ2) is 9.92. The van der Waals surface area contributed by atoms with Gasteiger partial charge in [0.15, 0.2) is 5.82 Å². The Morgan fingerprint density at radius 2 is 1.77 bits per heavy atom. The normalized spacial score (nSPS) is 13.6. The minimum Gasteiger partial charge on any atom is -0.497 e. The Kier molecular flexibility index (Phi) is 7.07. The molecule has 1 amide bonds. The van der Waals surface area contributed by atoms with Crippen LogP contribution in [0.5, 0.6) is 5.75 Å². The smallest absolute Gasteiger partial charge is 0.313 e. The number of amidine groups is 1. The quantitative estimate of drug-likeness (QED) is 0.397. The van der Waals surface area contributed by atoms with E-state index in [-0.39, 0.29) is 30.3 Å². The highest BCUT2D eigenvalue weighted by Gasteiger charge is 2.24. The predicted octanol–water partition coefficient (Wildman–Crippen LogP) is 2.17. The fraction of sp³-hybridized carbons (Fsp3) is 0.318.